The highest BCUT2D eigenvalue weighted by molar-refractivity contribution is 7.78. The van der Waals surface area contributed by atoms with Crippen molar-refractivity contribution in [3.63, 3.8) is 0 Å². The van der Waals surface area contributed by atoms with E-state index in [1.807, 2.05) is 6.07 Å². The van der Waals surface area contributed by atoms with Crippen molar-refractivity contribution in [1.29, 1.82) is 0 Å². The van der Waals surface area contributed by atoms with Gasteiger partial charge in [-0.1, -0.05) is 24.3 Å². The van der Waals surface area contributed by atoms with Gasteiger partial charge >= 0.3 is 0 Å². The van der Waals surface area contributed by atoms with E-state index in [1.54, 1.807) is 0 Å². The Bertz CT molecular complexity index is 454. The van der Waals surface area contributed by atoms with E-state index in [1.165, 1.54) is 11.1 Å². The van der Waals surface area contributed by atoms with Gasteiger partial charge in [-0.2, -0.15) is 0 Å². The van der Waals surface area contributed by atoms with Crippen molar-refractivity contribution in [3.05, 3.63) is 35.4 Å². The summed E-state index contributed by atoms with van der Waals surface area (Å²) < 4.78 is 0. The maximum Gasteiger partial charge on any atom is 0.110 e. The molecule has 1 aliphatic rings. The third kappa shape index (κ3) is 2.71. The van der Waals surface area contributed by atoms with Gasteiger partial charge in [-0.15, -0.1) is 23.2 Å². The molecule has 0 aromatic heterocycles. The van der Waals surface area contributed by atoms with Gasteiger partial charge in [0.05, 0.1) is 10.7 Å². The van der Waals surface area contributed by atoms with Gasteiger partial charge in [0.2, 0.25) is 0 Å². The molecule has 0 aliphatic heterocycles. The first-order valence-electron chi connectivity index (χ1n) is 5.63. The number of halogens is 2. The monoisotopic (exact) mass is 285 g/mol. The highest BCUT2D eigenvalue weighted by atomic mass is 35.5. The van der Waals surface area contributed by atoms with Gasteiger partial charge in [0, 0.05) is 6.42 Å². The number of isothiocyanates is 1. The zero-order valence-corrected chi connectivity index (χ0v) is 11.7. The van der Waals surface area contributed by atoms with Crippen LogP contribution in [0, 0.1) is 0 Å². The lowest BCUT2D eigenvalue weighted by Gasteiger charge is -2.35. The average Bonchev–Trinajstić information content (AvgIpc) is 2.29. The fourth-order valence-corrected chi connectivity index (χ4v) is 3.30. The molecule has 0 N–H and O–H groups in total. The minimum absolute atomic E-state index is 0.370. The van der Waals surface area contributed by atoms with E-state index in [4.69, 9.17) is 35.4 Å². The van der Waals surface area contributed by atoms with Crippen molar-refractivity contribution in [1.82, 2.24) is 0 Å². The van der Waals surface area contributed by atoms with Crippen molar-refractivity contribution in [2.24, 2.45) is 4.99 Å². The van der Waals surface area contributed by atoms with Crippen LogP contribution in [0.1, 0.15) is 30.4 Å². The van der Waals surface area contributed by atoms with Crippen LogP contribution in [-0.2, 0) is 12.0 Å². The number of hydrogen-bond donors (Lipinski definition) is 0. The summed E-state index contributed by atoms with van der Waals surface area (Å²) in [6.07, 6.45) is 3.69. The Hall–Kier alpha value is -0.400. The van der Waals surface area contributed by atoms with E-state index in [-0.39, 0.29) is 5.54 Å². The molecule has 0 fully saturated rings. The van der Waals surface area contributed by atoms with Crippen LogP contribution >= 0.6 is 35.4 Å². The van der Waals surface area contributed by atoms with Crippen molar-refractivity contribution in [2.45, 2.75) is 36.1 Å². The number of benzene rings is 1. The molecule has 1 aliphatic carbocycles. The van der Waals surface area contributed by atoms with Gasteiger partial charge in [0.1, 0.15) is 4.84 Å². The summed E-state index contributed by atoms with van der Waals surface area (Å²) in [7, 11) is 0. The molecular weight excluding hydrogens is 273 g/mol. The molecule has 0 saturated carbocycles. The SMILES string of the molecule is S=C=NC1(CC(Cl)Cl)CCCc2ccccc21. The molecule has 1 aromatic carbocycles. The van der Waals surface area contributed by atoms with E-state index in [9.17, 15) is 0 Å². The largest absolute Gasteiger partial charge is 0.221 e. The number of aryl methyl sites for hydroxylation is 1. The summed E-state index contributed by atoms with van der Waals surface area (Å²) in [5.41, 5.74) is 2.15. The Morgan fingerprint density at radius 2 is 2.18 bits per heavy atom. The molecule has 0 bridgehead atoms. The maximum atomic E-state index is 5.95. The Labute approximate surface area is 117 Å². The van der Waals surface area contributed by atoms with Crippen LogP contribution < -0.4 is 0 Å². The summed E-state index contributed by atoms with van der Waals surface area (Å²) in [6, 6.07) is 8.31. The van der Waals surface area contributed by atoms with Crippen LogP contribution in [0.5, 0.6) is 0 Å². The van der Waals surface area contributed by atoms with E-state index in [0.717, 1.165) is 19.3 Å². The molecule has 17 heavy (non-hydrogen) atoms. The Kier molecular flexibility index (Phi) is 4.22. The van der Waals surface area contributed by atoms with Crippen LogP contribution in [0.3, 0.4) is 0 Å². The molecule has 0 saturated heterocycles. The molecule has 1 atom stereocenters. The molecule has 1 nitrogen and oxygen atoms in total. The normalized spacial score (nSPS) is 23.0. The van der Waals surface area contributed by atoms with E-state index >= 15 is 0 Å². The molecule has 90 valence electrons. The molecule has 0 radical (unpaired) electrons. The summed E-state index contributed by atoms with van der Waals surface area (Å²) >= 11 is 16.7. The third-order valence-electron chi connectivity index (χ3n) is 3.31. The van der Waals surface area contributed by atoms with Crippen molar-refractivity contribution in [3.8, 4) is 0 Å². The van der Waals surface area contributed by atoms with Crippen molar-refractivity contribution < 1.29 is 0 Å². The second-order valence-corrected chi connectivity index (χ2v) is 5.80. The smallest absolute Gasteiger partial charge is 0.110 e. The lowest BCUT2D eigenvalue weighted by molar-refractivity contribution is 0.361. The number of rotatable bonds is 3. The number of nitrogens with zero attached hydrogens (tertiary/aromatic N) is 1. The van der Waals surface area contributed by atoms with Gasteiger partial charge in [0.15, 0.2) is 0 Å². The second kappa shape index (κ2) is 5.49. The summed E-state index contributed by atoms with van der Waals surface area (Å²) in [6.45, 7) is 0. The first-order valence-corrected chi connectivity index (χ1v) is 6.92. The predicted octanol–water partition coefficient (Wildman–Crippen LogP) is 4.51. The van der Waals surface area contributed by atoms with E-state index < -0.39 is 4.84 Å². The molecule has 1 unspecified atom stereocenters. The van der Waals surface area contributed by atoms with Gasteiger partial charge in [0.25, 0.3) is 0 Å². The van der Waals surface area contributed by atoms with Gasteiger partial charge in [-0.05, 0) is 42.6 Å². The standard InChI is InChI=1S/C13H13Cl2NS/c14-12(15)8-13(16-9-17)7-3-5-10-4-1-2-6-11(10)13/h1-2,4,6,12H,3,5,7-8H2. The van der Waals surface area contributed by atoms with Gasteiger partial charge in [-0.25, -0.2) is 4.99 Å². The highest BCUT2D eigenvalue weighted by Crippen LogP contribution is 2.43. The number of thiocarbonyl (C=S) groups is 1. The molecule has 4 heteroatoms. The first kappa shape index (κ1) is 13.0. The second-order valence-electron chi connectivity index (χ2n) is 4.34. The quantitative estimate of drug-likeness (QED) is 0.452. The molecule has 1 aromatic rings. The minimum atomic E-state index is -0.437. The summed E-state index contributed by atoms with van der Waals surface area (Å²) in [5.74, 6) is 0. The maximum absolute atomic E-state index is 5.95. The number of fused-ring (bicyclic) bond motifs is 1. The lowest BCUT2D eigenvalue weighted by atomic mass is 9.75. The van der Waals surface area contributed by atoms with Gasteiger partial charge in [-0.3, -0.25) is 0 Å². The summed E-state index contributed by atoms with van der Waals surface area (Å²) in [5, 5.41) is 2.52. The first-order chi connectivity index (χ1) is 8.18. The minimum Gasteiger partial charge on any atom is -0.221 e. The van der Waals surface area contributed by atoms with Crippen LogP contribution in [0.25, 0.3) is 0 Å². The Morgan fingerprint density at radius 1 is 1.41 bits per heavy atom. The predicted molar refractivity (Wildman–Crippen MR) is 76.2 cm³/mol. The fourth-order valence-electron chi connectivity index (χ4n) is 2.61. The van der Waals surface area contributed by atoms with Gasteiger partial charge < -0.3 is 0 Å². The highest BCUT2D eigenvalue weighted by Gasteiger charge is 2.37. The molecule has 0 spiro atoms. The Morgan fingerprint density at radius 3 is 2.88 bits per heavy atom. The van der Waals surface area contributed by atoms with Crippen LogP contribution in [0.15, 0.2) is 29.3 Å². The topological polar surface area (TPSA) is 12.4 Å². The molecule has 2 rings (SSSR count). The lowest BCUT2D eigenvalue weighted by Crippen LogP contribution is -2.30. The number of aliphatic imine (C=N–C) groups is 1. The van der Waals surface area contributed by atoms with E-state index in [2.05, 4.69) is 28.4 Å². The van der Waals surface area contributed by atoms with Crippen molar-refractivity contribution in [2.75, 3.05) is 0 Å². The number of hydrogen-bond acceptors (Lipinski definition) is 2. The zero-order valence-electron chi connectivity index (χ0n) is 9.33. The van der Waals surface area contributed by atoms with Crippen LogP contribution in [0.2, 0.25) is 0 Å². The molecule has 0 heterocycles. The molecule has 0 amide bonds. The summed E-state index contributed by atoms with van der Waals surface area (Å²) in [4.78, 5) is 3.96. The van der Waals surface area contributed by atoms with Crippen molar-refractivity contribution >= 4 is 40.6 Å². The zero-order chi connectivity index (χ0) is 12.3. The average molecular weight is 286 g/mol. The number of alkyl halides is 2. The fraction of sp³-hybridized carbons (Fsp3) is 0.462. The third-order valence-corrected chi connectivity index (χ3v) is 3.71. The molecular formula is C13H13Cl2NS. The Balaban J connectivity index is 2.50. The van der Waals surface area contributed by atoms with E-state index in [0.29, 0.717) is 6.42 Å². The van der Waals surface area contributed by atoms with Crippen LogP contribution in [-0.4, -0.2) is 10.00 Å². The van der Waals surface area contributed by atoms with Crippen LogP contribution in [0.4, 0.5) is 0 Å².